The van der Waals surface area contributed by atoms with Crippen molar-refractivity contribution in [2.45, 2.75) is 58.0 Å². The Balaban J connectivity index is 1.38. The molecule has 2 atom stereocenters. The zero-order valence-electron chi connectivity index (χ0n) is 22.0. The first-order valence-electron chi connectivity index (χ1n) is 13.0. The Morgan fingerprint density at radius 2 is 1.94 bits per heavy atom. The number of likely N-dealkylation sites (tertiary alicyclic amines) is 1. The van der Waals surface area contributed by atoms with Gasteiger partial charge in [-0.3, -0.25) is 4.48 Å². The predicted molar refractivity (Wildman–Crippen MR) is 136 cm³/mol. The number of carbonyl (C=O) groups excluding carboxylic acids is 1. The molecule has 0 amide bonds. The number of nitrogens with zero attached hydrogens (tertiary/aromatic N) is 4. The summed E-state index contributed by atoms with van der Waals surface area (Å²) in [6.45, 7) is 7.47. The van der Waals surface area contributed by atoms with E-state index in [0.717, 1.165) is 54.5 Å². The first kappa shape index (κ1) is 27.8. The summed E-state index contributed by atoms with van der Waals surface area (Å²) in [7, 11) is 6.53. The molecule has 3 rings (SSSR count). The van der Waals surface area contributed by atoms with Crippen LogP contribution in [0.4, 0.5) is 4.79 Å². The standard InChI is InChI=1S/C25H44N4O5S/c1-5-6-7-8-15-32-24-23(26-35-27-24)21-11-9-14-29(4,18-21)20-34-25(30)33-17-16-31-22-12-10-13-28(2,3)19-22/h11,22H,5-10,12-20H2,1-4H3/q+2. The Bertz CT molecular complexity index is 831. The van der Waals surface area contributed by atoms with Gasteiger partial charge < -0.3 is 23.4 Å². The average Bonchev–Trinajstić information content (AvgIpc) is 3.29. The van der Waals surface area contributed by atoms with E-state index in [9.17, 15) is 4.79 Å². The van der Waals surface area contributed by atoms with E-state index in [2.05, 4.69) is 42.9 Å². The van der Waals surface area contributed by atoms with Crippen LogP contribution in [0.15, 0.2) is 6.08 Å². The van der Waals surface area contributed by atoms with E-state index in [4.69, 9.17) is 18.9 Å². The summed E-state index contributed by atoms with van der Waals surface area (Å²) in [5.74, 6) is 0.617. The Kier molecular flexibility index (Phi) is 10.8. The van der Waals surface area contributed by atoms with E-state index in [1.165, 1.54) is 37.5 Å². The molecule has 2 unspecified atom stereocenters. The van der Waals surface area contributed by atoms with Gasteiger partial charge >= 0.3 is 6.16 Å². The summed E-state index contributed by atoms with van der Waals surface area (Å²) in [4.78, 5) is 12.2. The van der Waals surface area contributed by atoms with E-state index >= 15 is 0 Å². The molecule has 35 heavy (non-hydrogen) atoms. The quantitative estimate of drug-likeness (QED) is 0.224. The monoisotopic (exact) mass is 512 g/mol. The molecule has 1 fully saturated rings. The van der Waals surface area contributed by atoms with Crippen LogP contribution in [-0.2, 0) is 14.2 Å². The van der Waals surface area contributed by atoms with E-state index in [-0.39, 0.29) is 19.4 Å². The zero-order chi connectivity index (χ0) is 25.2. The highest BCUT2D eigenvalue weighted by Crippen LogP contribution is 2.30. The molecule has 2 aliphatic rings. The molecule has 3 heterocycles. The Labute approximate surface area is 214 Å². The molecule has 0 aromatic carbocycles. The Morgan fingerprint density at radius 3 is 2.74 bits per heavy atom. The summed E-state index contributed by atoms with van der Waals surface area (Å²) in [5.41, 5.74) is 1.91. The lowest BCUT2D eigenvalue weighted by atomic mass is 10.1. The Morgan fingerprint density at radius 1 is 1.09 bits per heavy atom. The van der Waals surface area contributed by atoms with E-state index in [0.29, 0.717) is 30.1 Å². The molecule has 0 spiro atoms. The van der Waals surface area contributed by atoms with Gasteiger partial charge in [0.1, 0.15) is 31.5 Å². The van der Waals surface area contributed by atoms with Gasteiger partial charge in [0.15, 0.2) is 0 Å². The number of carbonyl (C=O) groups is 1. The minimum Gasteiger partial charge on any atom is -0.475 e. The maximum absolute atomic E-state index is 12.2. The fourth-order valence-corrected chi connectivity index (χ4v) is 5.29. The highest BCUT2D eigenvalue weighted by Gasteiger charge is 2.32. The van der Waals surface area contributed by atoms with Crippen LogP contribution in [0, 0.1) is 0 Å². The van der Waals surface area contributed by atoms with Crippen molar-refractivity contribution in [3.8, 4) is 5.88 Å². The van der Waals surface area contributed by atoms with Crippen molar-refractivity contribution in [3.63, 3.8) is 0 Å². The second kappa shape index (κ2) is 13.5. The normalized spacial score (nSPS) is 24.0. The summed E-state index contributed by atoms with van der Waals surface area (Å²) >= 11 is 1.18. The summed E-state index contributed by atoms with van der Waals surface area (Å²) in [5, 5.41) is 0. The van der Waals surface area contributed by atoms with Crippen molar-refractivity contribution in [1.82, 2.24) is 8.75 Å². The third-order valence-electron chi connectivity index (χ3n) is 6.75. The van der Waals surface area contributed by atoms with Gasteiger partial charge in [0.05, 0.1) is 59.2 Å². The van der Waals surface area contributed by atoms with Crippen LogP contribution in [0.2, 0.25) is 0 Å². The highest BCUT2D eigenvalue weighted by molar-refractivity contribution is 6.99. The van der Waals surface area contributed by atoms with Gasteiger partial charge in [0.25, 0.3) is 5.88 Å². The average molecular weight is 513 g/mol. The Hall–Kier alpha value is -1.75. The number of piperidine rings is 1. The number of likely N-dealkylation sites (N-methyl/N-ethyl adjacent to an activating group) is 2. The summed E-state index contributed by atoms with van der Waals surface area (Å²) in [6, 6.07) is 0. The van der Waals surface area contributed by atoms with Crippen molar-refractivity contribution < 1.29 is 32.7 Å². The van der Waals surface area contributed by atoms with E-state index in [1.54, 1.807) is 0 Å². The number of aromatic nitrogens is 2. The number of unbranched alkanes of at least 4 members (excludes halogenated alkanes) is 3. The van der Waals surface area contributed by atoms with Crippen LogP contribution in [0.25, 0.3) is 5.57 Å². The summed E-state index contributed by atoms with van der Waals surface area (Å²) in [6.07, 6.45) is 9.50. The molecule has 0 N–H and O–H groups in total. The van der Waals surface area contributed by atoms with Gasteiger partial charge in [-0.05, 0) is 19.3 Å². The van der Waals surface area contributed by atoms with Crippen LogP contribution in [0.5, 0.6) is 5.88 Å². The van der Waals surface area contributed by atoms with Crippen LogP contribution in [0.1, 0.15) is 57.6 Å². The van der Waals surface area contributed by atoms with Crippen LogP contribution < -0.4 is 4.74 Å². The maximum Gasteiger partial charge on any atom is 0.512 e. The molecular formula is C25H44N4O5S+2. The molecule has 1 aromatic rings. The SMILES string of the molecule is CCCCCCOc1nsnc1C1=CCC[N+](C)(COC(=O)OCCOC2CCC[N+](C)(C)C2)C1. The van der Waals surface area contributed by atoms with Gasteiger partial charge in [0, 0.05) is 12.0 Å². The first-order chi connectivity index (χ1) is 16.8. The molecule has 2 aliphatic heterocycles. The summed E-state index contributed by atoms with van der Waals surface area (Å²) < 4.78 is 33.0. The molecule has 1 aromatic heterocycles. The highest BCUT2D eigenvalue weighted by atomic mass is 32.1. The van der Waals surface area contributed by atoms with Crippen molar-refractivity contribution in [2.75, 3.05) is 73.9 Å². The smallest absolute Gasteiger partial charge is 0.475 e. The van der Waals surface area contributed by atoms with Crippen molar-refractivity contribution in [1.29, 1.82) is 0 Å². The lowest BCUT2D eigenvalue weighted by molar-refractivity contribution is -0.919. The number of ether oxygens (including phenoxy) is 4. The number of hydrogen-bond acceptors (Lipinski definition) is 8. The molecule has 0 saturated carbocycles. The van der Waals surface area contributed by atoms with Gasteiger partial charge in [0.2, 0.25) is 6.73 Å². The minimum atomic E-state index is -0.643. The second-order valence-electron chi connectivity index (χ2n) is 10.7. The molecule has 10 heteroatoms. The predicted octanol–water partition coefficient (Wildman–Crippen LogP) is 4.10. The van der Waals surface area contributed by atoms with E-state index < -0.39 is 6.16 Å². The molecular weight excluding hydrogens is 468 g/mol. The third-order valence-corrected chi connectivity index (χ3v) is 7.26. The van der Waals surface area contributed by atoms with Crippen LogP contribution in [-0.4, -0.2) is 104 Å². The fraction of sp³-hybridized carbons (Fsp3) is 0.800. The van der Waals surface area contributed by atoms with Gasteiger partial charge in [-0.15, -0.1) is 4.37 Å². The second-order valence-corrected chi connectivity index (χ2v) is 11.2. The largest absolute Gasteiger partial charge is 0.512 e. The fourth-order valence-electron chi connectivity index (χ4n) is 4.76. The molecule has 9 nitrogen and oxygen atoms in total. The topological polar surface area (TPSA) is 79.8 Å². The van der Waals surface area contributed by atoms with E-state index in [1.807, 2.05) is 0 Å². The lowest BCUT2D eigenvalue weighted by Gasteiger charge is -2.37. The third kappa shape index (κ3) is 9.33. The maximum atomic E-state index is 12.2. The molecule has 0 radical (unpaired) electrons. The molecule has 1 saturated heterocycles. The molecule has 0 aliphatic carbocycles. The first-order valence-corrected chi connectivity index (χ1v) is 13.7. The van der Waals surface area contributed by atoms with Gasteiger partial charge in [-0.25, -0.2) is 4.79 Å². The molecule has 0 bridgehead atoms. The van der Waals surface area contributed by atoms with Gasteiger partial charge in [-0.2, -0.15) is 4.37 Å². The van der Waals surface area contributed by atoms with Gasteiger partial charge in [-0.1, -0.05) is 32.3 Å². The van der Waals surface area contributed by atoms with Crippen molar-refractivity contribution in [2.24, 2.45) is 0 Å². The van der Waals surface area contributed by atoms with Crippen molar-refractivity contribution in [3.05, 3.63) is 11.8 Å². The lowest BCUT2D eigenvalue weighted by Crippen LogP contribution is -2.50. The van der Waals surface area contributed by atoms with Crippen LogP contribution >= 0.6 is 11.7 Å². The van der Waals surface area contributed by atoms with Crippen LogP contribution in [0.3, 0.4) is 0 Å². The number of rotatable bonds is 13. The number of hydrogen-bond donors (Lipinski definition) is 0. The van der Waals surface area contributed by atoms with Crippen molar-refractivity contribution >= 4 is 23.5 Å². The minimum absolute atomic E-state index is 0.209. The zero-order valence-corrected chi connectivity index (χ0v) is 22.8. The molecule has 198 valence electrons. The number of quaternary nitrogens is 2.